The van der Waals surface area contributed by atoms with Gasteiger partial charge in [-0.3, -0.25) is 19.7 Å². The van der Waals surface area contributed by atoms with Gasteiger partial charge in [-0.1, -0.05) is 0 Å². The highest BCUT2D eigenvalue weighted by Crippen LogP contribution is 2.05. The van der Waals surface area contributed by atoms with Crippen LogP contribution in [0.1, 0.15) is 23.3 Å². The Morgan fingerprint density at radius 3 is 2.88 bits per heavy atom. The van der Waals surface area contributed by atoms with E-state index >= 15 is 0 Å². The van der Waals surface area contributed by atoms with Crippen LogP contribution in [0.4, 0.5) is 0 Å². The van der Waals surface area contributed by atoms with Gasteiger partial charge in [0.25, 0.3) is 5.91 Å². The third kappa shape index (κ3) is 2.10. The molecule has 1 aromatic heterocycles. The highest BCUT2D eigenvalue weighted by Gasteiger charge is 2.28. The molecule has 1 aromatic rings. The molecule has 1 saturated heterocycles. The molecule has 2 heterocycles. The van der Waals surface area contributed by atoms with Gasteiger partial charge in [-0.25, -0.2) is 0 Å². The van der Waals surface area contributed by atoms with Crippen LogP contribution in [0.2, 0.25) is 0 Å². The fourth-order valence-corrected chi connectivity index (χ4v) is 1.54. The topological polar surface area (TPSA) is 91.1 Å². The number of carbonyl (C=O) groups excluding carboxylic acids is 3. The van der Waals surface area contributed by atoms with E-state index in [1.54, 1.807) is 18.3 Å². The molecule has 0 radical (unpaired) electrons. The van der Waals surface area contributed by atoms with Crippen LogP contribution in [0.15, 0.2) is 18.3 Å². The van der Waals surface area contributed by atoms with E-state index in [1.165, 1.54) is 0 Å². The summed E-state index contributed by atoms with van der Waals surface area (Å²) in [4.78, 5) is 36.6. The first-order chi connectivity index (χ1) is 7.66. The van der Waals surface area contributed by atoms with Crippen molar-refractivity contribution < 1.29 is 14.4 Å². The second-order valence-electron chi connectivity index (χ2n) is 3.56. The maximum atomic E-state index is 11.6. The van der Waals surface area contributed by atoms with Gasteiger partial charge in [0.15, 0.2) is 0 Å². The van der Waals surface area contributed by atoms with Crippen molar-refractivity contribution in [2.75, 3.05) is 0 Å². The minimum absolute atomic E-state index is 0.251. The molecule has 1 aliphatic heterocycles. The normalized spacial score (nSPS) is 20.4. The van der Waals surface area contributed by atoms with Crippen molar-refractivity contribution in [2.24, 2.45) is 0 Å². The quantitative estimate of drug-likeness (QED) is 0.591. The van der Waals surface area contributed by atoms with Crippen molar-refractivity contribution in [3.8, 4) is 0 Å². The molecule has 6 nitrogen and oxygen atoms in total. The number of hydrogen-bond donors (Lipinski definition) is 3. The Morgan fingerprint density at radius 2 is 2.25 bits per heavy atom. The Kier molecular flexibility index (Phi) is 2.72. The molecule has 0 aromatic carbocycles. The van der Waals surface area contributed by atoms with Crippen LogP contribution in [0.25, 0.3) is 0 Å². The number of amides is 3. The van der Waals surface area contributed by atoms with E-state index in [1.807, 2.05) is 0 Å². The van der Waals surface area contributed by atoms with Crippen LogP contribution in [0.5, 0.6) is 0 Å². The molecule has 2 rings (SSSR count). The fourth-order valence-electron chi connectivity index (χ4n) is 1.54. The van der Waals surface area contributed by atoms with Gasteiger partial charge in [0.2, 0.25) is 11.8 Å². The second-order valence-corrected chi connectivity index (χ2v) is 3.56. The van der Waals surface area contributed by atoms with Crippen LogP contribution in [0, 0.1) is 0 Å². The Balaban J connectivity index is 1.97. The number of imide groups is 1. The SMILES string of the molecule is O=C1CCC(NC(=O)c2ccc[nH]2)C(=O)N1. The number of aromatic nitrogens is 1. The molecular weight excluding hydrogens is 210 g/mol. The zero-order valence-corrected chi connectivity index (χ0v) is 8.45. The molecule has 1 aliphatic rings. The van der Waals surface area contributed by atoms with Crippen LogP contribution in [-0.4, -0.2) is 28.7 Å². The van der Waals surface area contributed by atoms with E-state index < -0.39 is 11.9 Å². The smallest absolute Gasteiger partial charge is 0.268 e. The molecule has 0 spiro atoms. The van der Waals surface area contributed by atoms with Crippen LogP contribution in [-0.2, 0) is 9.59 Å². The number of hydrogen-bond acceptors (Lipinski definition) is 3. The standard InChI is InChI=1S/C10H11N3O3/c14-8-4-3-7(10(16)13-8)12-9(15)6-2-1-5-11-6/h1-2,5,7,11H,3-4H2,(H,12,15)(H,13,14,16). The van der Waals surface area contributed by atoms with Crippen molar-refractivity contribution in [3.63, 3.8) is 0 Å². The lowest BCUT2D eigenvalue weighted by atomic mass is 10.1. The predicted octanol–water partition coefficient (Wildman–Crippen LogP) is -0.450. The van der Waals surface area contributed by atoms with E-state index in [9.17, 15) is 14.4 Å². The van der Waals surface area contributed by atoms with E-state index in [-0.39, 0.29) is 18.2 Å². The molecule has 0 saturated carbocycles. The Morgan fingerprint density at radius 1 is 1.44 bits per heavy atom. The fraction of sp³-hybridized carbons (Fsp3) is 0.300. The van der Waals surface area contributed by atoms with Crippen molar-refractivity contribution in [2.45, 2.75) is 18.9 Å². The molecule has 3 amide bonds. The average Bonchev–Trinajstić information content (AvgIpc) is 2.75. The second kappa shape index (κ2) is 4.18. The lowest BCUT2D eigenvalue weighted by Gasteiger charge is -2.21. The summed E-state index contributed by atoms with van der Waals surface area (Å²) in [7, 11) is 0. The lowest BCUT2D eigenvalue weighted by Crippen LogP contribution is -2.52. The molecule has 0 bridgehead atoms. The van der Waals surface area contributed by atoms with E-state index in [4.69, 9.17) is 0 Å². The van der Waals surface area contributed by atoms with Crippen molar-refractivity contribution >= 4 is 17.7 Å². The molecule has 16 heavy (non-hydrogen) atoms. The monoisotopic (exact) mass is 221 g/mol. The summed E-state index contributed by atoms with van der Waals surface area (Å²) in [6.07, 6.45) is 2.22. The number of nitrogens with one attached hydrogen (secondary N) is 3. The minimum Gasteiger partial charge on any atom is -0.357 e. The Bertz CT molecular complexity index is 425. The van der Waals surface area contributed by atoms with Crippen molar-refractivity contribution in [1.29, 1.82) is 0 Å². The van der Waals surface area contributed by atoms with Gasteiger partial charge in [0.1, 0.15) is 11.7 Å². The number of aromatic amines is 1. The maximum Gasteiger partial charge on any atom is 0.268 e. The molecule has 0 aliphatic carbocycles. The summed E-state index contributed by atoms with van der Waals surface area (Å²) in [5.41, 5.74) is 0.393. The zero-order chi connectivity index (χ0) is 11.5. The molecule has 3 N–H and O–H groups in total. The van der Waals surface area contributed by atoms with Gasteiger partial charge in [-0.05, 0) is 18.6 Å². The molecule has 1 unspecified atom stereocenters. The van der Waals surface area contributed by atoms with Gasteiger partial charge < -0.3 is 10.3 Å². The average molecular weight is 221 g/mol. The Labute approximate surface area is 91.4 Å². The number of rotatable bonds is 2. The van der Waals surface area contributed by atoms with Gasteiger partial charge in [-0.2, -0.15) is 0 Å². The molecule has 6 heteroatoms. The number of H-pyrrole nitrogens is 1. The van der Waals surface area contributed by atoms with Crippen LogP contribution >= 0.6 is 0 Å². The maximum absolute atomic E-state index is 11.6. The largest absolute Gasteiger partial charge is 0.357 e. The number of carbonyl (C=O) groups is 3. The molecule has 1 atom stereocenters. The van der Waals surface area contributed by atoms with Crippen LogP contribution < -0.4 is 10.6 Å². The zero-order valence-electron chi connectivity index (χ0n) is 8.45. The highest BCUT2D eigenvalue weighted by atomic mass is 16.2. The summed E-state index contributed by atoms with van der Waals surface area (Å²) < 4.78 is 0. The van der Waals surface area contributed by atoms with Crippen LogP contribution in [0.3, 0.4) is 0 Å². The summed E-state index contributed by atoms with van der Waals surface area (Å²) in [6.45, 7) is 0. The first-order valence-electron chi connectivity index (χ1n) is 4.95. The third-order valence-corrected chi connectivity index (χ3v) is 2.39. The van der Waals surface area contributed by atoms with Gasteiger partial charge in [0, 0.05) is 12.6 Å². The Hall–Kier alpha value is -2.11. The molecule has 84 valence electrons. The summed E-state index contributed by atoms with van der Waals surface area (Å²) in [6, 6.07) is 2.68. The molecular formula is C10H11N3O3. The summed E-state index contributed by atoms with van der Waals surface area (Å²) in [5, 5.41) is 4.73. The van der Waals surface area contributed by atoms with E-state index in [0.717, 1.165) is 0 Å². The van der Waals surface area contributed by atoms with Crippen molar-refractivity contribution in [1.82, 2.24) is 15.6 Å². The summed E-state index contributed by atoms with van der Waals surface area (Å²) >= 11 is 0. The van der Waals surface area contributed by atoms with E-state index in [2.05, 4.69) is 15.6 Å². The number of piperidine rings is 1. The molecule has 1 fully saturated rings. The predicted molar refractivity (Wildman–Crippen MR) is 54.4 cm³/mol. The van der Waals surface area contributed by atoms with E-state index in [0.29, 0.717) is 12.1 Å². The van der Waals surface area contributed by atoms with Gasteiger partial charge >= 0.3 is 0 Å². The minimum atomic E-state index is -0.631. The van der Waals surface area contributed by atoms with Gasteiger partial charge in [0.05, 0.1) is 0 Å². The lowest BCUT2D eigenvalue weighted by molar-refractivity contribution is -0.134. The first kappa shape index (κ1) is 10.4. The van der Waals surface area contributed by atoms with Gasteiger partial charge in [-0.15, -0.1) is 0 Å². The first-order valence-corrected chi connectivity index (χ1v) is 4.95. The van der Waals surface area contributed by atoms with Crippen molar-refractivity contribution in [3.05, 3.63) is 24.0 Å². The summed E-state index contributed by atoms with van der Waals surface area (Å²) in [5.74, 6) is -1.09. The third-order valence-electron chi connectivity index (χ3n) is 2.39. The highest BCUT2D eigenvalue weighted by molar-refractivity contribution is 6.03.